The Hall–Kier alpha value is -1.40. The number of nitrogens with one attached hydrogen (secondary N) is 1. The number of hydrogen-bond acceptors (Lipinski definition) is 4. The fourth-order valence-corrected chi connectivity index (χ4v) is 4.93. The summed E-state index contributed by atoms with van der Waals surface area (Å²) in [6, 6.07) is 8.23. The van der Waals surface area contributed by atoms with Crippen LogP contribution in [-0.4, -0.2) is 49.4 Å². The Morgan fingerprint density at radius 3 is 2.39 bits per heavy atom. The third kappa shape index (κ3) is 4.32. The van der Waals surface area contributed by atoms with Crippen LogP contribution in [-0.2, 0) is 21.1 Å². The van der Waals surface area contributed by atoms with Crippen LogP contribution in [0, 0.1) is 0 Å². The molecule has 5 nitrogen and oxygen atoms in total. The van der Waals surface area contributed by atoms with E-state index in [2.05, 4.69) is 17.1 Å². The molecule has 3 rings (SSSR count). The number of amides is 1. The Labute approximate surface area is 138 Å². The van der Waals surface area contributed by atoms with E-state index in [4.69, 9.17) is 0 Å². The molecule has 1 saturated heterocycles. The molecule has 0 spiro atoms. The number of carbonyl (C=O) groups is 1. The first-order valence-corrected chi connectivity index (χ1v) is 10.1. The lowest BCUT2D eigenvalue weighted by molar-refractivity contribution is -0.117. The summed E-state index contributed by atoms with van der Waals surface area (Å²) >= 11 is 0. The number of hydrogen-bond donors (Lipinski definition) is 1. The van der Waals surface area contributed by atoms with Crippen molar-refractivity contribution in [3.8, 4) is 0 Å². The van der Waals surface area contributed by atoms with Crippen molar-refractivity contribution in [2.75, 3.05) is 23.4 Å². The monoisotopic (exact) mass is 336 g/mol. The molecule has 0 aromatic heterocycles. The van der Waals surface area contributed by atoms with Crippen molar-refractivity contribution in [2.24, 2.45) is 0 Å². The second-order valence-corrected chi connectivity index (χ2v) is 8.79. The number of benzene rings is 1. The van der Waals surface area contributed by atoms with Gasteiger partial charge in [0.1, 0.15) is 0 Å². The van der Waals surface area contributed by atoms with E-state index in [-0.39, 0.29) is 30.0 Å². The number of aryl methyl sites for hydroxylation is 1. The van der Waals surface area contributed by atoms with E-state index < -0.39 is 9.84 Å². The summed E-state index contributed by atoms with van der Waals surface area (Å²) in [6.07, 6.45) is 3.75. The minimum atomic E-state index is -2.92. The van der Waals surface area contributed by atoms with Crippen LogP contribution >= 0.6 is 0 Å². The fraction of sp³-hybridized carbons (Fsp3) is 0.588. The van der Waals surface area contributed by atoms with Crippen LogP contribution in [0.2, 0.25) is 0 Å². The SMILES string of the molecule is CCc1ccc(NC(=O)CN(C2CC2)C2CCS(=O)(=O)C2)cc1. The smallest absolute Gasteiger partial charge is 0.238 e. The molecule has 0 bridgehead atoms. The van der Waals surface area contributed by atoms with Crippen LogP contribution in [0.4, 0.5) is 5.69 Å². The van der Waals surface area contributed by atoms with Gasteiger partial charge in [-0.2, -0.15) is 0 Å². The fourth-order valence-electron chi connectivity index (χ4n) is 3.19. The molecular weight excluding hydrogens is 312 g/mol. The topological polar surface area (TPSA) is 66.5 Å². The lowest BCUT2D eigenvalue weighted by Gasteiger charge is -2.27. The average molecular weight is 336 g/mol. The second-order valence-electron chi connectivity index (χ2n) is 6.56. The quantitative estimate of drug-likeness (QED) is 0.861. The number of nitrogens with zero attached hydrogens (tertiary/aromatic N) is 1. The van der Waals surface area contributed by atoms with Crippen molar-refractivity contribution in [2.45, 2.75) is 44.7 Å². The molecule has 2 aliphatic rings. The maximum absolute atomic E-state index is 12.3. The molecule has 1 amide bonds. The first kappa shape index (κ1) is 16.5. The summed E-state index contributed by atoms with van der Waals surface area (Å²) in [4.78, 5) is 14.4. The molecule has 2 fully saturated rings. The van der Waals surface area contributed by atoms with Crippen LogP contribution in [0.15, 0.2) is 24.3 Å². The van der Waals surface area contributed by atoms with Crippen molar-refractivity contribution in [1.29, 1.82) is 0 Å². The van der Waals surface area contributed by atoms with Gasteiger partial charge in [0.2, 0.25) is 5.91 Å². The maximum atomic E-state index is 12.3. The summed E-state index contributed by atoms with van der Waals surface area (Å²) in [6.45, 7) is 2.37. The summed E-state index contributed by atoms with van der Waals surface area (Å²) in [5.41, 5.74) is 2.03. The van der Waals surface area contributed by atoms with Crippen molar-refractivity contribution in [3.63, 3.8) is 0 Å². The Kier molecular flexibility index (Phi) is 4.73. The average Bonchev–Trinajstić information content (AvgIpc) is 3.29. The standard InChI is InChI=1S/C17H24N2O3S/c1-2-13-3-5-14(6-4-13)18-17(20)11-19(15-7-8-15)16-9-10-23(21,22)12-16/h3-6,15-16H,2,7-12H2,1H3,(H,18,20). The largest absolute Gasteiger partial charge is 0.325 e. The van der Waals surface area contributed by atoms with E-state index >= 15 is 0 Å². The molecule has 0 radical (unpaired) electrons. The predicted molar refractivity (Wildman–Crippen MR) is 91.2 cm³/mol. The van der Waals surface area contributed by atoms with Crippen molar-refractivity contribution in [3.05, 3.63) is 29.8 Å². The first-order valence-electron chi connectivity index (χ1n) is 8.32. The van der Waals surface area contributed by atoms with Gasteiger partial charge in [-0.25, -0.2) is 8.42 Å². The van der Waals surface area contributed by atoms with E-state index in [9.17, 15) is 13.2 Å². The van der Waals surface area contributed by atoms with Gasteiger partial charge in [-0.05, 0) is 43.4 Å². The summed E-state index contributed by atoms with van der Waals surface area (Å²) in [5.74, 6) is 0.383. The molecule has 1 N–H and O–H groups in total. The Balaban J connectivity index is 1.60. The number of carbonyl (C=O) groups excluding carboxylic acids is 1. The molecule has 1 aliphatic heterocycles. The zero-order chi connectivity index (χ0) is 16.4. The van der Waals surface area contributed by atoms with Gasteiger partial charge in [0.25, 0.3) is 0 Å². The molecular formula is C17H24N2O3S. The van der Waals surface area contributed by atoms with Crippen LogP contribution in [0.25, 0.3) is 0 Å². The van der Waals surface area contributed by atoms with Crippen LogP contribution in [0.1, 0.15) is 31.7 Å². The lowest BCUT2D eigenvalue weighted by Crippen LogP contribution is -2.43. The second kappa shape index (κ2) is 6.61. The van der Waals surface area contributed by atoms with Gasteiger partial charge in [0.15, 0.2) is 9.84 Å². The molecule has 1 saturated carbocycles. The predicted octanol–water partition coefficient (Wildman–Crippen LogP) is 1.84. The molecule has 1 aromatic carbocycles. The zero-order valence-electron chi connectivity index (χ0n) is 13.5. The molecule has 1 atom stereocenters. The molecule has 6 heteroatoms. The van der Waals surface area contributed by atoms with Crippen molar-refractivity contribution < 1.29 is 13.2 Å². The third-order valence-corrected chi connectivity index (χ3v) is 6.42. The van der Waals surface area contributed by atoms with Gasteiger partial charge in [0, 0.05) is 17.8 Å². The molecule has 126 valence electrons. The van der Waals surface area contributed by atoms with E-state index in [0.717, 1.165) is 24.9 Å². The molecule has 23 heavy (non-hydrogen) atoms. The van der Waals surface area contributed by atoms with Gasteiger partial charge in [0.05, 0.1) is 18.1 Å². The summed E-state index contributed by atoms with van der Waals surface area (Å²) in [5, 5.41) is 2.92. The Bertz CT molecular complexity index is 666. The van der Waals surface area contributed by atoms with E-state index in [1.807, 2.05) is 24.3 Å². The highest BCUT2D eigenvalue weighted by atomic mass is 32.2. The minimum Gasteiger partial charge on any atom is -0.325 e. The van der Waals surface area contributed by atoms with Gasteiger partial charge in [-0.15, -0.1) is 0 Å². The normalized spacial score (nSPS) is 23.1. The highest BCUT2D eigenvalue weighted by Crippen LogP contribution is 2.32. The van der Waals surface area contributed by atoms with Crippen LogP contribution in [0.3, 0.4) is 0 Å². The van der Waals surface area contributed by atoms with Crippen molar-refractivity contribution >= 4 is 21.4 Å². The van der Waals surface area contributed by atoms with E-state index in [0.29, 0.717) is 12.5 Å². The van der Waals surface area contributed by atoms with Crippen LogP contribution in [0.5, 0.6) is 0 Å². The van der Waals surface area contributed by atoms with Gasteiger partial charge >= 0.3 is 0 Å². The number of anilines is 1. The number of sulfone groups is 1. The first-order chi connectivity index (χ1) is 11.0. The number of rotatable bonds is 6. The Morgan fingerprint density at radius 2 is 1.87 bits per heavy atom. The van der Waals surface area contributed by atoms with Crippen molar-refractivity contribution in [1.82, 2.24) is 4.90 Å². The highest BCUT2D eigenvalue weighted by Gasteiger charge is 2.40. The lowest BCUT2D eigenvalue weighted by atomic mass is 10.1. The summed E-state index contributed by atoms with van der Waals surface area (Å²) in [7, 11) is -2.92. The minimum absolute atomic E-state index is 0.000664. The third-order valence-electron chi connectivity index (χ3n) is 4.67. The molecule has 1 heterocycles. The molecule has 1 aliphatic carbocycles. The molecule has 1 unspecified atom stereocenters. The molecule has 1 aromatic rings. The summed E-state index contributed by atoms with van der Waals surface area (Å²) < 4.78 is 23.4. The van der Waals surface area contributed by atoms with Gasteiger partial charge in [-0.3, -0.25) is 9.69 Å². The van der Waals surface area contributed by atoms with E-state index in [1.165, 1.54) is 5.56 Å². The Morgan fingerprint density at radius 1 is 1.17 bits per heavy atom. The van der Waals surface area contributed by atoms with Gasteiger partial charge in [-0.1, -0.05) is 19.1 Å². The van der Waals surface area contributed by atoms with Crippen LogP contribution < -0.4 is 5.32 Å². The van der Waals surface area contributed by atoms with Gasteiger partial charge < -0.3 is 5.32 Å². The highest BCUT2D eigenvalue weighted by molar-refractivity contribution is 7.91. The van der Waals surface area contributed by atoms with E-state index in [1.54, 1.807) is 0 Å². The zero-order valence-corrected chi connectivity index (χ0v) is 14.3. The maximum Gasteiger partial charge on any atom is 0.238 e.